The minimum Gasteiger partial charge on any atom is -0.368 e. The number of nitrogens with zero attached hydrogens (tertiary/aromatic N) is 1. The summed E-state index contributed by atoms with van der Waals surface area (Å²) in [6.45, 7) is 3.58. The number of hydrogen-bond donors (Lipinski definition) is 0. The monoisotopic (exact) mass is 361 g/mol. The van der Waals surface area contributed by atoms with Crippen molar-refractivity contribution in [1.82, 2.24) is 4.90 Å². The van der Waals surface area contributed by atoms with Crippen LogP contribution >= 0.6 is 0 Å². The van der Waals surface area contributed by atoms with Crippen LogP contribution in [0.25, 0.3) is 0 Å². The van der Waals surface area contributed by atoms with E-state index in [1.165, 1.54) is 16.7 Å². The molecule has 3 heteroatoms. The molecule has 0 heterocycles. The molecule has 3 aromatic rings. The summed E-state index contributed by atoms with van der Waals surface area (Å²) in [5.41, 5.74) is 3.63. The van der Waals surface area contributed by atoms with Gasteiger partial charge in [-0.05, 0) is 30.2 Å². The van der Waals surface area contributed by atoms with Crippen molar-refractivity contribution in [2.45, 2.75) is 24.9 Å². The van der Waals surface area contributed by atoms with Crippen LogP contribution in [0.2, 0.25) is 0 Å². The highest BCUT2D eigenvalue weighted by molar-refractivity contribution is 7.88. The second-order valence-electron chi connectivity index (χ2n) is 6.27. The molecule has 3 rings (SSSR count). The molecule has 2 nitrogen and oxygen atoms in total. The van der Waals surface area contributed by atoms with Crippen molar-refractivity contribution in [3.63, 3.8) is 0 Å². The Morgan fingerprint density at radius 2 is 1.27 bits per heavy atom. The van der Waals surface area contributed by atoms with Gasteiger partial charge in [0.15, 0.2) is 0 Å². The maximum atomic E-state index is 12.6. The Kier molecular flexibility index (Phi) is 6.39. The van der Waals surface area contributed by atoms with Gasteiger partial charge in [-0.15, -0.1) is 0 Å². The molecule has 0 aromatic heterocycles. The molecular formula is C23H23NOS. The first-order valence-electron chi connectivity index (χ1n) is 8.68. The first-order chi connectivity index (χ1) is 12.7. The molecule has 132 valence electrons. The van der Waals surface area contributed by atoms with Crippen LogP contribution in [-0.4, -0.2) is 9.11 Å². The van der Waals surface area contributed by atoms with Gasteiger partial charge in [-0.2, -0.15) is 0 Å². The first-order valence-corrected chi connectivity index (χ1v) is 9.89. The zero-order chi connectivity index (χ0) is 18.2. The fraction of sp³-hybridized carbons (Fsp3) is 0.130. The summed E-state index contributed by atoms with van der Waals surface area (Å²) in [6.07, 6.45) is 1.95. The minimum absolute atomic E-state index is 0.775. The third-order valence-electron chi connectivity index (χ3n) is 4.11. The average Bonchev–Trinajstić information content (AvgIpc) is 2.68. The molecule has 0 aliphatic rings. The molecule has 3 aromatic carbocycles. The Hall–Kier alpha value is -2.65. The van der Waals surface area contributed by atoms with Gasteiger partial charge in [-0.25, -0.2) is 4.21 Å². The van der Waals surface area contributed by atoms with Crippen molar-refractivity contribution in [2.24, 2.45) is 0 Å². The largest absolute Gasteiger partial charge is 0.368 e. The maximum Gasteiger partial charge on any atom is 0.0790 e. The Balaban J connectivity index is 1.75. The van der Waals surface area contributed by atoms with Crippen LogP contribution in [0.3, 0.4) is 0 Å². The number of hydrogen-bond acceptors (Lipinski definition) is 2. The zero-order valence-electron chi connectivity index (χ0n) is 14.9. The summed E-state index contributed by atoms with van der Waals surface area (Å²) < 4.78 is 12.6. The van der Waals surface area contributed by atoms with Crippen LogP contribution in [0.15, 0.2) is 101 Å². The molecular weight excluding hydrogens is 338 g/mol. The van der Waals surface area contributed by atoms with E-state index < -0.39 is 10.8 Å². The predicted octanol–water partition coefficient (Wildman–Crippen LogP) is 5.28. The third kappa shape index (κ3) is 5.43. The zero-order valence-corrected chi connectivity index (χ0v) is 15.7. The average molecular weight is 362 g/mol. The maximum absolute atomic E-state index is 12.6. The molecule has 0 bridgehead atoms. The van der Waals surface area contributed by atoms with E-state index in [0.29, 0.717) is 0 Å². The molecule has 1 unspecified atom stereocenters. The SMILES string of the molecule is Cc1ccc(S(=O)/C=C\N(Cc2ccccc2)Cc2ccccc2)cc1. The molecule has 26 heavy (non-hydrogen) atoms. The van der Waals surface area contributed by atoms with Gasteiger partial charge < -0.3 is 4.90 Å². The second-order valence-corrected chi connectivity index (χ2v) is 7.61. The highest BCUT2D eigenvalue weighted by atomic mass is 32.2. The van der Waals surface area contributed by atoms with Gasteiger partial charge in [0.05, 0.1) is 10.8 Å². The van der Waals surface area contributed by atoms with E-state index in [1.807, 2.05) is 73.8 Å². The fourth-order valence-electron chi connectivity index (χ4n) is 2.69. The van der Waals surface area contributed by atoms with Gasteiger partial charge in [0.2, 0.25) is 0 Å². The van der Waals surface area contributed by atoms with E-state index in [-0.39, 0.29) is 0 Å². The van der Waals surface area contributed by atoms with Crippen LogP contribution in [0, 0.1) is 6.92 Å². The normalized spacial score (nSPS) is 12.2. The van der Waals surface area contributed by atoms with Crippen molar-refractivity contribution in [1.29, 1.82) is 0 Å². The molecule has 0 saturated carbocycles. The molecule has 0 fully saturated rings. The summed E-state index contributed by atoms with van der Waals surface area (Å²) in [5.74, 6) is 0. The highest BCUT2D eigenvalue weighted by Crippen LogP contribution is 2.13. The van der Waals surface area contributed by atoms with Crippen molar-refractivity contribution in [3.05, 3.63) is 113 Å². The van der Waals surface area contributed by atoms with Crippen molar-refractivity contribution < 1.29 is 4.21 Å². The summed E-state index contributed by atoms with van der Waals surface area (Å²) in [6, 6.07) is 28.5. The fourth-order valence-corrected chi connectivity index (χ4v) is 3.53. The standard InChI is InChI=1S/C23H23NOS/c1-20-12-14-23(15-13-20)26(25)17-16-24(18-21-8-4-2-5-9-21)19-22-10-6-3-7-11-22/h2-17H,18-19H2,1H3/b17-16-. The first kappa shape index (κ1) is 18.2. The Morgan fingerprint density at radius 3 is 1.77 bits per heavy atom. The van der Waals surface area contributed by atoms with Gasteiger partial charge in [0, 0.05) is 29.6 Å². The number of aryl methyl sites for hydroxylation is 1. The van der Waals surface area contributed by atoms with Crippen molar-refractivity contribution in [2.75, 3.05) is 0 Å². The van der Waals surface area contributed by atoms with E-state index in [0.717, 1.165) is 18.0 Å². The summed E-state index contributed by atoms with van der Waals surface area (Å²) >= 11 is 0. The van der Waals surface area contributed by atoms with E-state index in [4.69, 9.17) is 0 Å². The lowest BCUT2D eigenvalue weighted by atomic mass is 10.2. The van der Waals surface area contributed by atoms with Crippen LogP contribution in [-0.2, 0) is 23.9 Å². The van der Waals surface area contributed by atoms with Crippen molar-refractivity contribution >= 4 is 10.8 Å². The lowest BCUT2D eigenvalue weighted by Crippen LogP contribution is -2.16. The number of rotatable bonds is 7. The summed E-state index contributed by atoms with van der Waals surface area (Å²) in [5, 5.41) is 1.77. The van der Waals surface area contributed by atoms with Crippen LogP contribution < -0.4 is 0 Å². The molecule has 0 radical (unpaired) electrons. The van der Waals surface area contributed by atoms with Crippen LogP contribution in [0.4, 0.5) is 0 Å². The van der Waals surface area contributed by atoms with E-state index in [1.54, 1.807) is 5.41 Å². The summed E-state index contributed by atoms with van der Waals surface area (Å²) in [7, 11) is -1.15. The van der Waals surface area contributed by atoms with Gasteiger partial charge in [-0.1, -0.05) is 78.4 Å². The molecule has 0 aliphatic carbocycles. The molecule has 0 amide bonds. The minimum atomic E-state index is -1.15. The van der Waals surface area contributed by atoms with Gasteiger partial charge in [0.1, 0.15) is 0 Å². The topological polar surface area (TPSA) is 20.3 Å². The number of benzene rings is 3. The lowest BCUT2D eigenvalue weighted by Gasteiger charge is -2.20. The Bertz CT molecular complexity index is 816. The second kappa shape index (κ2) is 9.16. The lowest BCUT2D eigenvalue weighted by molar-refractivity contribution is 0.362. The third-order valence-corrected chi connectivity index (χ3v) is 5.21. The Morgan fingerprint density at radius 1 is 0.769 bits per heavy atom. The van der Waals surface area contributed by atoms with E-state index >= 15 is 0 Å². The van der Waals surface area contributed by atoms with Gasteiger partial charge in [0.25, 0.3) is 0 Å². The molecule has 0 spiro atoms. The van der Waals surface area contributed by atoms with E-state index in [2.05, 4.69) is 29.2 Å². The molecule has 0 N–H and O–H groups in total. The van der Waals surface area contributed by atoms with Gasteiger partial charge in [-0.3, -0.25) is 0 Å². The molecule has 0 saturated heterocycles. The van der Waals surface area contributed by atoms with Crippen molar-refractivity contribution in [3.8, 4) is 0 Å². The van der Waals surface area contributed by atoms with E-state index in [9.17, 15) is 4.21 Å². The smallest absolute Gasteiger partial charge is 0.0790 e. The highest BCUT2D eigenvalue weighted by Gasteiger charge is 2.05. The van der Waals surface area contributed by atoms with Crippen LogP contribution in [0.1, 0.15) is 16.7 Å². The predicted molar refractivity (Wildman–Crippen MR) is 109 cm³/mol. The Labute approximate surface area is 158 Å². The quantitative estimate of drug-likeness (QED) is 0.571. The summed E-state index contributed by atoms with van der Waals surface area (Å²) in [4.78, 5) is 3.02. The molecule has 0 aliphatic heterocycles. The van der Waals surface area contributed by atoms with Crippen LogP contribution in [0.5, 0.6) is 0 Å². The van der Waals surface area contributed by atoms with Gasteiger partial charge >= 0.3 is 0 Å². The molecule has 1 atom stereocenters.